The number of anilines is 1. The molecular formula is C24H19ClFN5O4. The number of nitrogens with zero attached hydrogens (tertiary/aromatic N) is 5. The van der Waals surface area contributed by atoms with E-state index < -0.39 is 22.8 Å². The molecule has 1 aliphatic rings. The summed E-state index contributed by atoms with van der Waals surface area (Å²) < 4.78 is 21.1. The Kier molecular flexibility index (Phi) is 6.04. The zero-order chi connectivity index (χ0) is 24.5. The van der Waals surface area contributed by atoms with E-state index in [1.807, 2.05) is 4.90 Å². The van der Waals surface area contributed by atoms with Gasteiger partial charge in [0.15, 0.2) is 11.6 Å². The minimum Gasteiger partial charge on any atom is -0.477 e. The van der Waals surface area contributed by atoms with E-state index in [0.29, 0.717) is 28.6 Å². The fourth-order valence-corrected chi connectivity index (χ4v) is 4.56. The molecule has 178 valence electrons. The maximum absolute atomic E-state index is 13.9. The molecule has 1 atom stereocenters. The second kappa shape index (κ2) is 9.30. The maximum atomic E-state index is 13.9. The van der Waals surface area contributed by atoms with Crippen molar-refractivity contribution in [2.75, 3.05) is 18.1 Å². The van der Waals surface area contributed by atoms with Crippen molar-refractivity contribution >= 4 is 34.2 Å². The Hall–Kier alpha value is -4.05. The van der Waals surface area contributed by atoms with E-state index in [4.69, 9.17) is 16.3 Å². The molecule has 11 heteroatoms. The highest BCUT2D eigenvalue weighted by Crippen LogP contribution is 2.35. The molecule has 1 aliphatic heterocycles. The first kappa shape index (κ1) is 22.7. The number of hydrogen-bond acceptors (Lipinski definition) is 7. The third-order valence-electron chi connectivity index (χ3n) is 5.92. The number of halogens is 2. The molecule has 0 spiro atoms. The van der Waals surface area contributed by atoms with Gasteiger partial charge in [-0.1, -0.05) is 11.6 Å². The number of hydrogen-bond donors (Lipinski definition) is 1. The number of carboxylic acids is 1. The van der Waals surface area contributed by atoms with Crippen molar-refractivity contribution in [2.45, 2.75) is 18.9 Å². The van der Waals surface area contributed by atoms with Gasteiger partial charge in [-0.25, -0.2) is 19.2 Å². The van der Waals surface area contributed by atoms with Crippen LogP contribution in [0.4, 0.5) is 10.1 Å². The van der Waals surface area contributed by atoms with E-state index in [1.54, 1.807) is 6.07 Å². The minimum atomic E-state index is -1.35. The van der Waals surface area contributed by atoms with E-state index in [0.717, 1.165) is 12.8 Å². The van der Waals surface area contributed by atoms with Crippen molar-refractivity contribution in [1.29, 1.82) is 0 Å². The minimum absolute atomic E-state index is 0.0679. The molecule has 1 N–H and O–H groups in total. The van der Waals surface area contributed by atoms with E-state index in [9.17, 15) is 19.1 Å². The summed E-state index contributed by atoms with van der Waals surface area (Å²) in [5.74, 6) is -1.61. The lowest BCUT2D eigenvalue weighted by molar-refractivity contribution is 0.0695. The molecule has 4 heterocycles. The number of aromatic nitrogens is 4. The predicted octanol–water partition coefficient (Wildman–Crippen LogP) is 3.71. The lowest BCUT2D eigenvalue weighted by atomic mass is 10.1. The molecule has 3 aromatic heterocycles. The number of benzene rings is 1. The van der Waals surface area contributed by atoms with Crippen LogP contribution in [0.15, 0.2) is 60.0 Å². The van der Waals surface area contributed by atoms with Gasteiger partial charge in [0.1, 0.15) is 12.2 Å². The van der Waals surface area contributed by atoms with Crippen molar-refractivity contribution in [3.63, 3.8) is 0 Å². The average Bonchev–Trinajstić information content (AvgIpc) is 3.32. The molecular weight excluding hydrogens is 477 g/mol. The Morgan fingerprint density at radius 2 is 2.11 bits per heavy atom. The Bertz CT molecular complexity index is 1480. The molecule has 1 fully saturated rings. The number of aromatic carboxylic acids is 1. The first-order valence-corrected chi connectivity index (χ1v) is 11.2. The maximum Gasteiger partial charge on any atom is 0.341 e. The van der Waals surface area contributed by atoms with Crippen LogP contribution in [-0.2, 0) is 0 Å². The third kappa shape index (κ3) is 4.28. The number of rotatable bonds is 6. The molecule has 5 rings (SSSR count). The monoisotopic (exact) mass is 495 g/mol. The van der Waals surface area contributed by atoms with Crippen LogP contribution < -0.4 is 15.1 Å². The number of carboxylic acid groups (broad SMARTS) is 1. The standard InChI is InChI=1S/C24H19ClFN5O4/c25-17-9-15-19(31(21-11-27-6-7-28-21)12-16(22(15)32)24(33)34)10-20(17)30-8-2-3-14(30)13-35-23-18(26)4-1-5-29-23/h1,4-7,9-12,14H,2-3,8,13H2,(H,33,34)/t14-/m1/s1. The molecule has 35 heavy (non-hydrogen) atoms. The first-order chi connectivity index (χ1) is 16.9. The highest BCUT2D eigenvalue weighted by Gasteiger charge is 2.29. The molecule has 9 nitrogen and oxygen atoms in total. The molecule has 1 saturated heterocycles. The van der Waals surface area contributed by atoms with Gasteiger partial charge >= 0.3 is 5.97 Å². The van der Waals surface area contributed by atoms with Crippen LogP contribution in [0, 0.1) is 5.82 Å². The van der Waals surface area contributed by atoms with E-state index >= 15 is 0 Å². The molecule has 0 bridgehead atoms. The SMILES string of the molecule is O=C(O)c1cn(-c2cnccn2)c2cc(N3CCC[C@@H]3COc3ncccc3F)c(Cl)cc2c1=O. The first-order valence-electron chi connectivity index (χ1n) is 10.8. The van der Waals surface area contributed by atoms with Gasteiger partial charge in [0, 0.05) is 36.7 Å². The van der Waals surface area contributed by atoms with Crippen molar-refractivity contribution in [1.82, 2.24) is 19.5 Å². The topological polar surface area (TPSA) is 110 Å². The van der Waals surface area contributed by atoms with E-state index in [2.05, 4.69) is 15.0 Å². The Morgan fingerprint density at radius 1 is 1.26 bits per heavy atom. The second-order valence-electron chi connectivity index (χ2n) is 8.02. The van der Waals surface area contributed by atoms with E-state index in [1.165, 1.54) is 53.8 Å². The van der Waals surface area contributed by atoms with Crippen LogP contribution in [0.3, 0.4) is 0 Å². The normalized spacial score (nSPS) is 15.5. The summed E-state index contributed by atoms with van der Waals surface area (Å²) in [6, 6.07) is 5.88. The average molecular weight is 496 g/mol. The van der Waals surface area contributed by atoms with Gasteiger partial charge < -0.3 is 14.7 Å². The van der Waals surface area contributed by atoms with Crippen molar-refractivity contribution < 1.29 is 19.0 Å². The van der Waals surface area contributed by atoms with Crippen LogP contribution in [-0.4, -0.2) is 49.8 Å². The van der Waals surface area contributed by atoms with Crippen molar-refractivity contribution in [3.8, 4) is 11.7 Å². The largest absolute Gasteiger partial charge is 0.477 e. The lowest BCUT2D eigenvalue weighted by Crippen LogP contribution is -2.34. The molecule has 0 amide bonds. The fraction of sp³-hybridized carbons (Fsp3) is 0.208. The molecule has 0 radical (unpaired) electrons. The van der Waals surface area contributed by atoms with Crippen LogP contribution in [0.1, 0.15) is 23.2 Å². The fourth-order valence-electron chi connectivity index (χ4n) is 4.29. The molecule has 4 aromatic rings. The van der Waals surface area contributed by atoms with Gasteiger partial charge in [0.05, 0.1) is 28.5 Å². The van der Waals surface area contributed by atoms with E-state index in [-0.39, 0.29) is 23.9 Å². The Labute approximate surface area is 203 Å². The number of carbonyl (C=O) groups is 1. The zero-order valence-electron chi connectivity index (χ0n) is 18.3. The van der Waals surface area contributed by atoms with Gasteiger partial charge in [-0.05, 0) is 37.1 Å². The third-order valence-corrected chi connectivity index (χ3v) is 6.23. The van der Waals surface area contributed by atoms with Gasteiger partial charge in [0.2, 0.25) is 11.3 Å². The lowest BCUT2D eigenvalue weighted by Gasteiger charge is -2.28. The highest BCUT2D eigenvalue weighted by molar-refractivity contribution is 6.34. The molecule has 0 unspecified atom stereocenters. The zero-order valence-corrected chi connectivity index (χ0v) is 19.0. The van der Waals surface area contributed by atoms with Crippen LogP contribution in [0.2, 0.25) is 5.02 Å². The molecule has 0 aliphatic carbocycles. The van der Waals surface area contributed by atoms with Gasteiger partial charge in [-0.15, -0.1) is 0 Å². The van der Waals surface area contributed by atoms with Crippen molar-refractivity contribution in [2.24, 2.45) is 0 Å². The summed E-state index contributed by atoms with van der Waals surface area (Å²) in [6.45, 7) is 0.865. The highest BCUT2D eigenvalue weighted by atomic mass is 35.5. The number of pyridine rings is 2. The van der Waals surface area contributed by atoms with Gasteiger partial charge in [0.25, 0.3) is 0 Å². The summed E-state index contributed by atoms with van der Waals surface area (Å²) in [7, 11) is 0. The molecule has 1 aromatic carbocycles. The second-order valence-corrected chi connectivity index (χ2v) is 8.43. The summed E-state index contributed by atoms with van der Waals surface area (Å²) in [5.41, 5.74) is 0.0268. The van der Waals surface area contributed by atoms with Crippen LogP contribution >= 0.6 is 11.6 Å². The van der Waals surface area contributed by atoms with Gasteiger partial charge in [-0.2, -0.15) is 0 Å². The smallest absolute Gasteiger partial charge is 0.341 e. The number of fused-ring (bicyclic) bond motifs is 1. The Balaban J connectivity index is 1.58. The summed E-state index contributed by atoms with van der Waals surface area (Å²) in [4.78, 5) is 38.9. The summed E-state index contributed by atoms with van der Waals surface area (Å²) in [6.07, 6.45) is 8.79. The van der Waals surface area contributed by atoms with Crippen LogP contribution in [0.5, 0.6) is 5.88 Å². The summed E-state index contributed by atoms with van der Waals surface area (Å²) >= 11 is 6.61. The number of ether oxygens (including phenoxy) is 1. The van der Waals surface area contributed by atoms with Gasteiger partial charge in [-0.3, -0.25) is 14.3 Å². The van der Waals surface area contributed by atoms with Crippen molar-refractivity contribution in [3.05, 3.63) is 81.9 Å². The Morgan fingerprint density at radius 3 is 2.86 bits per heavy atom. The van der Waals surface area contributed by atoms with Crippen LogP contribution in [0.25, 0.3) is 16.7 Å². The summed E-state index contributed by atoms with van der Waals surface area (Å²) in [5, 5.41) is 10.00. The predicted molar refractivity (Wildman–Crippen MR) is 127 cm³/mol. The molecule has 0 saturated carbocycles. The quantitative estimate of drug-likeness (QED) is 0.431.